The van der Waals surface area contributed by atoms with Gasteiger partial charge in [-0.2, -0.15) is 0 Å². The van der Waals surface area contributed by atoms with E-state index in [-0.39, 0.29) is 5.91 Å². The second-order valence-corrected chi connectivity index (χ2v) is 8.79. The van der Waals surface area contributed by atoms with Crippen molar-refractivity contribution in [3.05, 3.63) is 83.9 Å². The van der Waals surface area contributed by atoms with Gasteiger partial charge < -0.3 is 19.3 Å². The highest BCUT2D eigenvalue weighted by Crippen LogP contribution is 2.28. The van der Waals surface area contributed by atoms with Crippen LogP contribution >= 0.6 is 0 Å². The van der Waals surface area contributed by atoms with Gasteiger partial charge in [0.1, 0.15) is 11.5 Å². The van der Waals surface area contributed by atoms with Gasteiger partial charge in [0.05, 0.1) is 12.8 Å². The minimum atomic E-state index is -0.591. The standard InChI is InChI=1S/C29H33N3O4/c1-3-4-8-22-13-15-25(16-14-22)36-29(34)30-24-10-7-9-23(21-24)28(33)32-19-17-31(18-20-32)26-11-5-6-12-27(26)35-2/h5-7,9-16,21H,3-4,8,17-20H2,1-2H3,(H,30,34). The molecule has 188 valence electrons. The lowest BCUT2D eigenvalue weighted by Crippen LogP contribution is -2.48. The zero-order valence-electron chi connectivity index (χ0n) is 20.9. The molecule has 0 bridgehead atoms. The molecule has 1 heterocycles. The highest BCUT2D eigenvalue weighted by molar-refractivity contribution is 5.96. The highest BCUT2D eigenvalue weighted by atomic mass is 16.6. The first-order valence-corrected chi connectivity index (χ1v) is 12.4. The summed E-state index contributed by atoms with van der Waals surface area (Å²) >= 11 is 0. The van der Waals surface area contributed by atoms with E-state index in [1.807, 2.05) is 41.3 Å². The number of hydrogen-bond acceptors (Lipinski definition) is 5. The number of piperazine rings is 1. The summed E-state index contributed by atoms with van der Waals surface area (Å²) in [6.07, 6.45) is 2.69. The number of carbonyl (C=O) groups excluding carboxylic acids is 2. The van der Waals surface area contributed by atoms with Crippen molar-refractivity contribution in [3.8, 4) is 11.5 Å². The van der Waals surface area contributed by atoms with Gasteiger partial charge in [0.2, 0.25) is 0 Å². The van der Waals surface area contributed by atoms with Crippen LogP contribution in [0.2, 0.25) is 0 Å². The Morgan fingerprint density at radius 1 is 0.917 bits per heavy atom. The Kier molecular flexibility index (Phi) is 8.44. The van der Waals surface area contributed by atoms with Gasteiger partial charge in [0, 0.05) is 37.4 Å². The molecule has 7 nitrogen and oxygen atoms in total. The van der Waals surface area contributed by atoms with Crippen LogP contribution in [-0.2, 0) is 6.42 Å². The van der Waals surface area contributed by atoms with Gasteiger partial charge in [-0.15, -0.1) is 0 Å². The van der Waals surface area contributed by atoms with Gasteiger partial charge in [-0.3, -0.25) is 10.1 Å². The minimum Gasteiger partial charge on any atom is -0.495 e. The molecule has 0 aromatic heterocycles. The van der Waals surface area contributed by atoms with Crippen LogP contribution in [0.4, 0.5) is 16.2 Å². The first kappa shape index (κ1) is 25.1. The van der Waals surface area contributed by atoms with Crippen molar-refractivity contribution in [1.29, 1.82) is 0 Å². The number of aryl methyl sites for hydroxylation is 1. The predicted octanol–water partition coefficient (Wildman–Crippen LogP) is 5.61. The van der Waals surface area contributed by atoms with Gasteiger partial charge in [0.15, 0.2) is 0 Å². The van der Waals surface area contributed by atoms with Crippen LogP contribution in [0.5, 0.6) is 11.5 Å². The van der Waals surface area contributed by atoms with Gasteiger partial charge in [-0.05, 0) is 60.9 Å². The molecule has 1 aliphatic heterocycles. The molecule has 0 saturated carbocycles. The van der Waals surface area contributed by atoms with Crippen molar-refractivity contribution in [2.45, 2.75) is 26.2 Å². The lowest BCUT2D eigenvalue weighted by atomic mass is 10.1. The molecule has 36 heavy (non-hydrogen) atoms. The van der Waals surface area contributed by atoms with Gasteiger partial charge >= 0.3 is 6.09 Å². The molecule has 7 heteroatoms. The Morgan fingerprint density at radius 2 is 1.67 bits per heavy atom. The van der Waals surface area contributed by atoms with E-state index in [4.69, 9.17) is 9.47 Å². The normalized spacial score (nSPS) is 13.3. The predicted molar refractivity (Wildman–Crippen MR) is 142 cm³/mol. The van der Waals surface area contributed by atoms with E-state index in [0.29, 0.717) is 43.2 Å². The Labute approximate surface area is 212 Å². The topological polar surface area (TPSA) is 71.1 Å². The third kappa shape index (κ3) is 6.36. The molecule has 0 spiro atoms. The SMILES string of the molecule is CCCCc1ccc(OC(=O)Nc2cccc(C(=O)N3CCN(c4ccccc4OC)CC3)c2)cc1. The number of rotatable bonds is 8. The number of nitrogens with zero attached hydrogens (tertiary/aromatic N) is 2. The number of hydrogen-bond donors (Lipinski definition) is 1. The van der Waals surface area contributed by atoms with Crippen molar-refractivity contribution in [2.75, 3.05) is 43.5 Å². The second kappa shape index (κ2) is 12.1. The van der Waals surface area contributed by atoms with Crippen LogP contribution in [0.15, 0.2) is 72.8 Å². The van der Waals surface area contributed by atoms with E-state index in [1.54, 1.807) is 43.5 Å². The molecule has 1 N–H and O–H groups in total. The number of unbranched alkanes of at least 4 members (excludes halogenated alkanes) is 1. The molecular weight excluding hydrogens is 454 g/mol. The van der Waals surface area contributed by atoms with Crippen molar-refractivity contribution in [2.24, 2.45) is 0 Å². The molecule has 0 unspecified atom stereocenters. The third-order valence-corrected chi connectivity index (χ3v) is 6.30. The van der Waals surface area contributed by atoms with Crippen molar-refractivity contribution < 1.29 is 19.1 Å². The third-order valence-electron chi connectivity index (χ3n) is 6.30. The molecule has 3 aromatic rings. The summed E-state index contributed by atoms with van der Waals surface area (Å²) in [6, 6.07) is 22.4. The molecule has 0 aliphatic carbocycles. The Morgan fingerprint density at radius 3 is 2.39 bits per heavy atom. The zero-order chi connectivity index (χ0) is 25.3. The van der Waals surface area contributed by atoms with Crippen LogP contribution in [0.3, 0.4) is 0 Å². The van der Waals surface area contributed by atoms with Gasteiger partial charge in [-0.25, -0.2) is 4.79 Å². The molecule has 3 aromatic carbocycles. The number of ether oxygens (including phenoxy) is 2. The largest absolute Gasteiger partial charge is 0.495 e. The lowest BCUT2D eigenvalue weighted by Gasteiger charge is -2.36. The van der Waals surface area contributed by atoms with E-state index < -0.39 is 6.09 Å². The summed E-state index contributed by atoms with van der Waals surface area (Å²) in [5.74, 6) is 1.25. The van der Waals surface area contributed by atoms with Crippen molar-refractivity contribution in [1.82, 2.24) is 4.90 Å². The van der Waals surface area contributed by atoms with E-state index >= 15 is 0 Å². The van der Waals surface area contributed by atoms with Crippen molar-refractivity contribution >= 4 is 23.4 Å². The number of nitrogens with one attached hydrogen (secondary N) is 1. The fourth-order valence-corrected chi connectivity index (χ4v) is 4.31. The van der Waals surface area contributed by atoms with Crippen molar-refractivity contribution in [3.63, 3.8) is 0 Å². The van der Waals surface area contributed by atoms with Crippen LogP contribution < -0.4 is 19.7 Å². The van der Waals surface area contributed by atoms with Crippen LogP contribution in [0, 0.1) is 0 Å². The van der Waals surface area contributed by atoms with E-state index in [9.17, 15) is 9.59 Å². The number of amides is 2. The average Bonchev–Trinajstić information content (AvgIpc) is 2.92. The number of carbonyl (C=O) groups is 2. The van der Waals surface area contributed by atoms with Crippen LogP contribution in [0.25, 0.3) is 0 Å². The molecule has 0 radical (unpaired) electrons. The fourth-order valence-electron chi connectivity index (χ4n) is 4.31. The molecule has 1 aliphatic rings. The molecule has 1 saturated heterocycles. The van der Waals surface area contributed by atoms with E-state index in [2.05, 4.69) is 17.1 Å². The summed E-state index contributed by atoms with van der Waals surface area (Å²) in [5.41, 5.74) is 3.30. The van der Waals surface area contributed by atoms with Gasteiger partial charge in [0.25, 0.3) is 5.91 Å². The molecule has 1 fully saturated rings. The maximum absolute atomic E-state index is 13.1. The zero-order valence-corrected chi connectivity index (χ0v) is 20.9. The second-order valence-electron chi connectivity index (χ2n) is 8.79. The summed E-state index contributed by atoms with van der Waals surface area (Å²) < 4.78 is 10.9. The van der Waals surface area contributed by atoms with E-state index in [0.717, 1.165) is 30.7 Å². The summed E-state index contributed by atoms with van der Waals surface area (Å²) in [4.78, 5) is 29.6. The molecule has 0 atom stereocenters. The number of anilines is 2. The summed E-state index contributed by atoms with van der Waals surface area (Å²) in [6.45, 7) is 4.80. The first-order chi connectivity index (χ1) is 17.6. The molecule has 2 amide bonds. The quantitative estimate of drug-likeness (QED) is 0.447. The minimum absolute atomic E-state index is 0.0608. The summed E-state index contributed by atoms with van der Waals surface area (Å²) in [5, 5.41) is 2.72. The first-order valence-electron chi connectivity index (χ1n) is 12.4. The maximum atomic E-state index is 13.1. The number of benzene rings is 3. The lowest BCUT2D eigenvalue weighted by molar-refractivity contribution is 0.0746. The fraction of sp³-hybridized carbons (Fsp3) is 0.310. The molecular formula is C29H33N3O4. The Balaban J connectivity index is 1.32. The summed E-state index contributed by atoms with van der Waals surface area (Å²) in [7, 11) is 1.67. The number of para-hydroxylation sites is 2. The Hall–Kier alpha value is -4.00. The Bertz CT molecular complexity index is 1170. The maximum Gasteiger partial charge on any atom is 0.417 e. The van der Waals surface area contributed by atoms with E-state index in [1.165, 1.54) is 5.56 Å². The van der Waals surface area contributed by atoms with Crippen LogP contribution in [0.1, 0.15) is 35.7 Å². The monoisotopic (exact) mass is 487 g/mol. The average molecular weight is 488 g/mol. The smallest absolute Gasteiger partial charge is 0.417 e. The highest BCUT2D eigenvalue weighted by Gasteiger charge is 2.24. The van der Waals surface area contributed by atoms with Crippen LogP contribution in [-0.4, -0.2) is 50.2 Å². The van der Waals surface area contributed by atoms with Gasteiger partial charge in [-0.1, -0.05) is 43.7 Å². The number of methoxy groups -OCH3 is 1. The molecule has 4 rings (SSSR count).